The maximum Gasteiger partial charge on any atom is 0.185 e. The van der Waals surface area contributed by atoms with Gasteiger partial charge in [0.25, 0.3) is 0 Å². The maximum absolute atomic E-state index is 5.69. The summed E-state index contributed by atoms with van der Waals surface area (Å²) in [5.74, 6) is 1.46. The molecule has 0 amide bonds. The van der Waals surface area contributed by atoms with Crippen molar-refractivity contribution in [2.24, 2.45) is 0 Å². The van der Waals surface area contributed by atoms with Crippen LogP contribution in [0, 0.1) is 0 Å². The molecule has 0 saturated carbocycles. The van der Waals surface area contributed by atoms with Gasteiger partial charge in [-0.05, 0) is 29.2 Å². The molecule has 0 N–H and O–H groups in total. The van der Waals surface area contributed by atoms with Gasteiger partial charge < -0.3 is 14.4 Å². The molecule has 0 saturated heterocycles. The molecule has 120 valence electrons. The Kier molecular flexibility index (Phi) is 3.58. The number of rotatable bonds is 4. The van der Waals surface area contributed by atoms with Crippen LogP contribution in [0.5, 0.6) is 11.5 Å². The van der Waals surface area contributed by atoms with Crippen molar-refractivity contribution in [3.63, 3.8) is 0 Å². The normalized spacial score (nSPS) is 12.5. The number of ether oxygens (including phenoxy) is 2. The van der Waals surface area contributed by atoms with E-state index in [2.05, 4.69) is 40.3 Å². The van der Waals surface area contributed by atoms with E-state index in [-0.39, 0.29) is 0 Å². The largest absolute Gasteiger partial charge is 0.493 e. The van der Waals surface area contributed by atoms with Crippen LogP contribution in [-0.2, 0) is 6.54 Å². The fourth-order valence-corrected chi connectivity index (χ4v) is 3.21. The maximum atomic E-state index is 5.69. The number of pyridine rings is 1. The lowest BCUT2D eigenvalue weighted by atomic mass is 10.0. The minimum Gasteiger partial charge on any atom is -0.493 e. The van der Waals surface area contributed by atoms with Gasteiger partial charge in [0.1, 0.15) is 0 Å². The number of hydrogen-bond acceptors (Lipinski definition) is 4. The van der Waals surface area contributed by atoms with Crippen LogP contribution in [0.4, 0.5) is 5.69 Å². The number of benzene rings is 2. The molecule has 4 rings (SSSR count). The molecule has 4 heteroatoms. The number of anilines is 1. The second-order valence-corrected chi connectivity index (χ2v) is 5.68. The van der Waals surface area contributed by atoms with Crippen LogP contribution in [-0.4, -0.2) is 19.2 Å². The molecule has 2 heterocycles. The average Bonchev–Trinajstić information content (AvgIpc) is 2.64. The lowest BCUT2D eigenvalue weighted by Gasteiger charge is -2.28. The predicted octanol–water partition coefficient (Wildman–Crippen LogP) is 4.24. The molecule has 0 spiro atoms. The third-order valence-corrected chi connectivity index (χ3v) is 4.29. The van der Waals surface area contributed by atoms with Crippen LogP contribution in [0.1, 0.15) is 11.3 Å². The first-order valence-electron chi connectivity index (χ1n) is 7.84. The van der Waals surface area contributed by atoms with Gasteiger partial charge in [0.2, 0.25) is 0 Å². The number of hydrogen-bond donors (Lipinski definition) is 0. The van der Waals surface area contributed by atoms with Gasteiger partial charge >= 0.3 is 0 Å². The first-order chi connectivity index (χ1) is 11.8. The molecule has 0 atom stereocenters. The Labute approximate surface area is 141 Å². The molecular weight excluding hydrogens is 300 g/mol. The van der Waals surface area contributed by atoms with E-state index >= 15 is 0 Å². The monoisotopic (exact) mass is 318 g/mol. The van der Waals surface area contributed by atoms with Crippen LogP contribution in [0.25, 0.3) is 16.8 Å². The summed E-state index contributed by atoms with van der Waals surface area (Å²) in [6, 6.07) is 14.4. The molecular formula is C20H18N2O2. The highest BCUT2D eigenvalue weighted by molar-refractivity contribution is 6.05. The van der Waals surface area contributed by atoms with E-state index < -0.39 is 0 Å². The molecule has 0 fully saturated rings. The Morgan fingerprint density at radius 2 is 1.88 bits per heavy atom. The number of nitrogens with zero attached hydrogens (tertiary/aromatic N) is 2. The van der Waals surface area contributed by atoms with E-state index in [4.69, 9.17) is 9.47 Å². The molecule has 24 heavy (non-hydrogen) atoms. The fraction of sp³-hybridized carbons (Fsp3) is 0.150. The summed E-state index contributed by atoms with van der Waals surface area (Å²) in [5.41, 5.74) is 3.18. The van der Waals surface area contributed by atoms with Crippen molar-refractivity contribution in [3.05, 3.63) is 66.1 Å². The summed E-state index contributed by atoms with van der Waals surface area (Å²) in [6.45, 7) is 0.754. The van der Waals surface area contributed by atoms with Crippen LogP contribution in [0.15, 0.2) is 54.9 Å². The quantitative estimate of drug-likeness (QED) is 0.720. The Bertz CT molecular complexity index is 920. The van der Waals surface area contributed by atoms with Crippen molar-refractivity contribution in [2.75, 3.05) is 19.1 Å². The van der Waals surface area contributed by atoms with Gasteiger partial charge in [-0.1, -0.05) is 30.3 Å². The third kappa shape index (κ3) is 2.27. The van der Waals surface area contributed by atoms with Gasteiger partial charge in [-0.25, -0.2) is 0 Å². The lowest BCUT2D eigenvalue weighted by molar-refractivity contribution is 0.356. The molecule has 1 aromatic heterocycles. The summed E-state index contributed by atoms with van der Waals surface area (Å²) in [7, 11) is 3.34. The zero-order chi connectivity index (χ0) is 16.5. The SMILES string of the molecule is COc1cc2ccnc3c2c(c1OC)N(Cc1ccccc1)C=C3. The zero-order valence-corrected chi connectivity index (χ0v) is 13.7. The van der Waals surface area contributed by atoms with Gasteiger partial charge in [0, 0.05) is 24.3 Å². The molecule has 0 bridgehead atoms. The van der Waals surface area contributed by atoms with Crippen LogP contribution >= 0.6 is 0 Å². The highest BCUT2D eigenvalue weighted by atomic mass is 16.5. The Morgan fingerprint density at radius 1 is 1.04 bits per heavy atom. The Balaban J connectivity index is 1.93. The minimum atomic E-state index is 0.727. The fourth-order valence-electron chi connectivity index (χ4n) is 3.21. The van der Waals surface area contributed by atoms with Crippen LogP contribution in [0.2, 0.25) is 0 Å². The second-order valence-electron chi connectivity index (χ2n) is 5.68. The number of methoxy groups -OCH3 is 2. The number of aromatic nitrogens is 1. The molecule has 0 aliphatic carbocycles. The molecule has 2 aromatic carbocycles. The van der Waals surface area contributed by atoms with Crippen LogP contribution in [0.3, 0.4) is 0 Å². The van der Waals surface area contributed by atoms with Crippen molar-refractivity contribution in [1.82, 2.24) is 4.98 Å². The standard InChI is InChI=1S/C20H18N2O2/c1-23-17-12-15-8-10-21-16-9-11-22(13-14-6-4-3-5-7-14)19(18(15)16)20(17)24-2/h3-12H,13H2,1-2H3. The second kappa shape index (κ2) is 5.89. The molecule has 1 aliphatic rings. The van der Waals surface area contributed by atoms with Gasteiger partial charge in [-0.15, -0.1) is 0 Å². The Hall–Kier alpha value is -3.01. The summed E-state index contributed by atoms with van der Waals surface area (Å²) in [5, 5.41) is 2.18. The molecule has 0 unspecified atom stereocenters. The lowest BCUT2D eigenvalue weighted by Crippen LogP contribution is -2.19. The minimum absolute atomic E-state index is 0.727. The summed E-state index contributed by atoms with van der Waals surface area (Å²) < 4.78 is 11.2. The van der Waals surface area contributed by atoms with E-state index in [9.17, 15) is 0 Å². The highest BCUT2D eigenvalue weighted by Crippen LogP contribution is 2.47. The van der Waals surface area contributed by atoms with Gasteiger partial charge in [-0.2, -0.15) is 0 Å². The first kappa shape index (κ1) is 14.6. The first-order valence-corrected chi connectivity index (χ1v) is 7.84. The molecule has 0 radical (unpaired) electrons. The summed E-state index contributed by atoms with van der Waals surface area (Å²) in [6.07, 6.45) is 5.92. The van der Waals surface area contributed by atoms with E-state index in [1.807, 2.05) is 30.5 Å². The van der Waals surface area contributed by atoms with Gasteiger partial charge in [0.15, 0.2) is 11.5 Å². The zero-order valence-electron chi connectivity index (χ0n) is 13.7. The van der Waals surface area contributed by atoms with Crippen molar-refractivity contribution in [1.29, 1.82) is 0 Å². The Morgan fingerprint density at radius 3 is 2.62 bits per heavy atom. The average molecular weight is 318 g/mol. The molecule has 4 nitrogen and oxygen atoms in total. The summed E-state index contributed by atoms with van der Waals surface area (Å²) in [4.78, 5) is 6.69. The van der Waals surface area contributed by atoms with E-state index in [1.165, 1.54) is 5.56 Å². The van der Waals surface area contributed by atoms with Crippen molar-refractivity contribution in [2.45, 2.75) is 6.54 Å². The highest BCUT2D eigenvalue weighted by Gasteiger charge is 2.24. The third-order valence-electron chi connectivity index (χ3n) is 4.29. The summed E-state index contributed by atoms with van der Waals surface area (Å²) >= 11 is 0. The van der Waals surface area contributed by atoms with Gasteiger partial charge in [0.05, 0.1) is 25.6 Å². The predicted molar refractivity (Wildman–Crippen MR) is 96.5 cm³/mol. The van der Waals surface area contributed by atoms with E-state index in [0.29, 0.717) is 0 Å². The van der Waals surface area contributed by atoms with Crippen molar-refractivity contribution >= 4 is 22.5 Å². The topological polar surface area (TPSA) is 34.6 Å². The van der Waals surface area contributed by atoms with Crippen molar-refractivity contribution in [3.8, 4) is 11.5 Å². The van der Waals surface area contributed by atoms with Gasteiger partial charge in [-0.3, -0.25) is 4.98 Å². The smallest absolute Gasteiger partial charge is 0.185 e. The molecule has 1 aliphatic heterocycles. The van der Waals surface area contributed by atoms with E-state index in [1.54, 1.807) is 14.2 Å². The van der Waals surface area contributed by atoms with Crippen molar-refractivity contribution < 1.29 is 9.47 Å². The molecule has 3 aromatic rings. The van der Waals surface area contributed by atoms with Crippen LogP contribution < -0.4 is 14.4 Å². The van der Waals surface area contributed by atoms with E-state index in [0.717, 1.165) is 40.2 Å².